The highest BCUT2D eigenvalue weighted by atomic mass is 32.2. The lowest BCUT2D eigenvalue weighted by Gasteiger charge is -2.08. The van der Waals surface area contributed by atoms with Crippen LogP contribution in [0.1, 0.15) is 15.4 Å². The third-order valence-corrected chi connectivity index (χ3v) is 6.36. The predicted octanol–water partition coefficient (Wildman–Crippen LogP) is 4.37. The minimum Gasteiger partial charge on any atom is -0.495 e. The van der Waals surface area contributed by atoms with Gasteiger partial charge in [-0.15, -0.1) is 22.7 Å². The fourth-order valence-electron chi connectivity index (χ4n) is 2.18. The highest BCUT2D eigenvalue weighted by molar-refractivity contribution is 8.01. The van der Waals surface area contributed by atoms with Crippen LogP contribution in [0, 0.1) is 0 Å². The molecule has 0 unspecified atom stereocenters. The van der Waals surface area contributed by atoms with Crippen LogP contribution in [-0.2, 0) is 11.2 Å². The summed E-state index contributed by atoms with van der Waals surface area (Å²) in [7, 11) is 1.56. The van der Waals surface area contributed by atoms with E-state index < -0.39 is 0 Å². The number of carbonyl (C=O) groups is 2. The predicted molar refractivity (Wildman–Crippen MR) is 107 cm³/mol. The van der Waals surface area contributed by atoms with Gasteiger partial charge in [-0.25, -0.2) is 4.98 Å². The van der Waals surface area contributed by atoms with Gasteiger partial charge < -0.3 is 10.1 Å². The van der Waals surface area contributed by atoms with Crippen molar-refractivity contribution in [3.05, 3.63) is 57.7 Å². The van der Waals surface area contributed by atoms with Gasteiger partial charge in [0.25, 0.3) is 0 Å². The monoisotopic (exact) mass is 404 g/mol. The van der Waals surface area contributed by atoms with E-state index >= 15 is 0 Å². The van der Waals surface area contributed by atoms with Crippen LogP contribution in [0.15, 0.2) is 51.5 Å². The molecule has 2 aromatic heterocycles. The van der Waals surface area contributed by atoms with Crippen molar-refractivity contribution in [2.75, 3.05) is 18.2 Å². The Labute approximate surface area is 163 Å². The Morgan fingerprint density at radius 1 is 1.19 bits per heavy atom. The molecule has 2 heterocycles. The lowest BCUT2D eigenvalue weighted by Crippen LogP contribution is -2.15. The number of aromatic nitrogens is 1. The number of Topliss-reactive ketones (excluding diaryl/α,β-unsaturated/α-hetero) is 1. The van der Waals surface area contributed by atoms with Crippen LogP contribution < -0.4 is 10.1 Å². The average Bonchev–Trinajstić information content (AvgIpc) is 3.32. The highest BCUT2D eigenvalue weighted by Crippen LogP contribution is 2.26. The van der Waals surface area contributed by atoms with Crippen molar-refractivity contribution in [2.24, 2.45) is 0 Å². The van der Waals surface area contributed by atoms with E-state index in [4.69, 9.17) is 4.74 Å². The number of methoxy groups -OCH3 is 1. The quantitative estimate of drug-likeness (QED) is 0.446. The van der Waals surface area contributed by atoms with E-state index in [1.807, 2.05) is 35.0 Å². The number of thiophene rings is 1. The number of thiazole rings is 1. The zero-order valence-corrected chi connectivity index (χ0v) is 16.4. The van der Waals surface area contributed by atoms with Crippen molar-refractivity contribution in [2.45, 2.75) is 10.8 Å². The molecule has 0 spiro atoms. The lowest BCUT2D eigenvalue weighted by molar-refractivity contribution is -0.115. The molecule has 5 nitrogen and oxygen atoms in total. The van der Waals surface area contributed by atoms with Crippen LogP contribution in [-0.4, -0.2) is 29.5 Å². The summed E-state index contributed by atoms with van der Waals surface area (Å²) in [4.78, 5) is 29.4. The molecule has 0 atom stereocenters. The molecule has 1 amide bonds. The Morgan fingerprint density at radius 3 is 2.81 bits per heavy atom. The summed E-state index contributed by atoms with van der Waals surface area (Å²) in [5.74, 6) is 0.894. The second-order valence-electron chi connectivity index (χ2n) is 5.22. The number of hydrogen-bond acceptors (Lipinski definition) is 7. The number of rotatable bonds is 8. The number of para-hydroxylation sites is 2. The number of ether oxygens (including phenoxy) is 1. The van der Waals surface area contributed by atoms with E-state index in [-0.39, 0.29) is 18.1 Å². The molecule has 0 bridgehead atoms. The molecule has 26 heavy (non-hydrogen) atoms. The van der Waals surface area contributed by atoms with Gasteiger partial charge in [0, 0.05) is 5.38 Å². The molecule has 1 aromatic carbocycles. The number of amides is 1. The summed E-state index contributed by atoms with van der Waals surface area (Å²) in [6.07, 6.45) is 0.175. The molecule has 0 aliphatic rings. The molecule has 1 N–H and O–H groups in total. The van der Waals surface area contributed by atoms with Gasteiger partial charge in [-0.05, 0) is 23.6 Å². The second kappa shape index (κ2) is 8.98. The van der Waals surface area contributed by atoms with E-state index in [0.29, 0.717) is 22.9 Å². The summed E-state index contributed by atoms with van der Waals surface area (Å²) < 4.78 is 6.01. The van der Waals surface area contributed by atoms with Crippen molar-refractivity contribution in [3.63, 3.8) is 0 Å². The molecule has 0 saturated carbocycles. The van der Waals surface area contributed by atoms with Crippen LogP contribution in [0.2, 0.25) is 0 Å². The van der Waals surface area contributed by atoms with E-state index in [1.165, 1.54) is 34.4 Å². The Bertz CT molecular complexity index is 891. The number of carbonyl (C=O) groups excluding carboxylic acids is 2. The number of nitrogens with one attached hydrogen (secondary N) is 1. The van der Waals surface area contributed by atoms with Gasteiger partial charge in [0.1, 0.15) is 5.75 Å². The Morgan fingerprint density at radius 2 is 2.04 bits per heavy atom. The maximum absolute atomic E-state index is 12.2. The van der Waals surface area contributed by atoms with Gasteiger partial charge in [-0.3, -0.25) is 9.59 Å². The number of thioether (sulfide) groups is 1. The van der Waals surface area contributed by atoms with Crippen molar-refractivity contribution < 1.29 is 14.3 Å². The number of hydrogen-bond donors (Lipinski definition) is 1. The standard InChI is InChI=1S/C18H16N2O3S3/c1-23-15-6-3-2-5-13(15)20-17(22)9-12-10-25-18(19-12)26-11-14(21)16-7-4-8-24-16/h2-8,10H,9,11H2,1H3,(H,20,22). The van der Waals surface area contributed by atoms with Gasteiger partial charge in [0.15, 0.2) is 10.1 Å². The molecule has 0 fully saturated rings. The first-order chi connectivity index (χ1) is 12.7. The third-order valence-electron chi connectivity index (χ3n) is 3.38. The van der Waals surface area contributed by atoms with Crippen LogP contribution in [0.4, 0.5) is 5.69 Å². The molecular weight excluding hydrogens is 388 g/mol. The Hall–Kier alpha value is -2.16. The second-order valence-corrected chi connectivity index (χ2v) is 8.25. The summed E-state index contributed by atoms with van der Waals surface area (Å²) in [5, 5.41) is 6.56. The molecule has 8 heteroatoms. The Balaban J connectivity index is 1.53. The van der Waals surface area contributed by atoms with Gasteiger partial charge in [-0.2, -0.15) is 0 Å². The largest absolute Gasteiger partial charge is 0.495 e. The molecule has 0 radical (unpaired) electrons. The van der Waals surface area contributed by atoms with Crippen LogP contribution >= 0.6 is 34.4 Å². The van der Waals surface area contributed by atoms with Gasteiger partial charge in [0.05, 0.1) is 35.5 Å². The first-order valence-electron chi connectivity index (χ1n) is 7.72. The number of nitrogens with zero attached hydrogens (tertiary/aromatic N) is 1. The zero-order valence-electron chi connectivity index (χ0n) is 13.9. The number of anilines is 1. The third kappa shape index (κ3) is 4.94. The number of ketones is 1. The summed E-state index contributed by atoms with van der Waals surface area (Å²) in [6.45, 7) is 0. The average molecular weight is 405 g/mol. The minimum absolute atomic E-state index is 0.0932. The minimum atomic E-state index is -0.161. The first-order valence-corrected chi connectivity index (χ1v) is 10.5. The topological polar surface area (TPSA) is 68.3 Å². The van der Waals surface area contributed by atoms with Crippen molar-refractivity contribution in [3.8, 4) is 5.75 Å². The maximum atomic E-state index is 12.2. The molecule has 0 aliphatic carbocycles. The SMILES string of the molecule is COc1ccccc1NC(=O)Cc1csc(SCC(=O)c2cccs2)n1. The van der Waals surface area contributed by atoms with Gasteiger partial charge >= 0.3 is 0 Å². The molecule has 0 aliphatic heterocycles. The van der Waals surface area contributed by atoms with E-state index in [1.54, 1.807) is 19.2 Å². The summed E-state index contributed by atoms with van der Waals surface area (Å²) in [5.41, 5.74) is 1.32. The Kier molecular flexibility index (Phi) is 6.43. The molecule has 3 rings (SSSR count). The first kappa shape index (κ1) is 18.6. The molecule has 3 aromatic rings. The van der Waals surface area contributed by atoms with Gasteiger partial charge in [-0.1, -0.05) is 30.0 Å². The van der Waals surface area contributed by atoms with Crippen LogP contribution in [0.3, 0.4) is 0 Å². The van der Waals surface area contributed by atoms with Crippen LogP contribution in [0.25, 0.3) is 0 Å². The van der Waals surface area contributed by atoms with E-state index in [0.717, 1.165) is 9.22 Å². The highest BCUT2D eigenvalue weighted by Gasteiger charge is 2.12. The fourth-order valence-corrected chi connectivity index (χ4v) is 4.66. The zero-order chi connectivity index (χ0) is 18.4. The summed E-state index contributed by atoms with van der Waals surface area (Å²) >= 11 is 4.28. The van der Waals surface area contributed by atoms with Crippen molar-refractivity contribution in [1.82, 2.24) is 4.98 Å². The van der Waals surface area contributed by atoms with Crippen molar-refractivity contribution in [1.29, 1.82) is 0 Å². The molecular formula is C18H16N2O3S3. The van der Waals surface area contributed by atoms with Crippen molar-refractivity contribution >= 4 is 51.8 Å². The lowest BCUT2D eigenvalue weighted by atomic mass is 10.2. The molecule has 134 valence electrons. The van der Waals surface area contributed by atoms with E-state index in [9.17, 15) is 9.59 Å². The normalized spacial score (nSPS) is 10.5. The maximum Gasteiger partial charge on any atom is 0.230 e. The summed E-state index contributed by atoms with van der Waals surface area (Å²) in [6, 6.07) is 10.9. The van der Waals surface area contributed by atoms with E-state index in [2.05, 4.69) is 10.3 Å². The molecule has 0 saturated heterocycles. The fraction of sp³-hybridized carbons (Fsp3) is 0.167. The van der Waals surface area contributed by atoms with Crippen LogP contribution in [0.5, 0.6) is 5.75 Å². The van der Waals surface area contributed by atoms with Gasteiger partial charge in [0.2, 0.25) is 5.91 Å². The number of benzene rings is 1. The smallest absolute Gasteiger partial charge is 0.230 e.